The van der Waals surface area contributed by atoms with Crippen LogP contribution in [0.4, 0.5) is 0 Å². The van der Waals surface area contributed by atoms with Crippen LogP contribution < -0.4 is 0 Å². The molecule has 2 heterocycles. The fourth-order valence-corrected chi connectivity index (χ4v) is 5.37. The first-order valence-corrected chi connectivity index (χ1v) is 10.4. The Labute approximate surface area is 143 Å². The summed E-state index contributed by atoms with van der Waals surface area (Å²) >= 11 is 0. The van der Waals surface area contributed by atoms with E-state index in [-0.39, 0.29) is 11.9 Å². The van der Waals surface area contributed by atoms with E-state index in [4.69, 9.17) is 4.74 Å². The summed E-state index contributed by atoms with van der Waals surface area (Å²) in [5, 5.41) is 1.18. The minimum Gasteiger partial charge on any atom is -0.377 e. The Morgan fingerprint density at radius 1 is 1.25 bits per heavy atom. The van der Waals surface area contributed by atoms with E-state index >= 15 is 0 Å². The van der Waals surface area contributed by atoms with Crippen molar-refractivity contribution in [2.75, 3.05) is 18.9 Å². The summed E-state index contributed by atoms with van der Waals surface area (Å²) in [7, 11) is -3.29. The Hall–Kier alpha value is -1.37. The van der Waals surface area contributed by atoms with Crippen molar-refractivity contribution in [3.63, 3.8) is 0 Å². The summed E-state index contributed by atoms with van der Waals surface area (Å²) in [5.41, 5.74) is 2.26. The highest BCUT2D eigenvalue weighted by Gasteiger charge is 2.37. The van der Waals surface area contributed by atoms with Crippen LogP contribution in [0.15, 0.2) is 30.3 Å². The number of sulfonamides is 1. The van der Waals surface area contributed by atoms with Gasteiger partial charge in [-0.1, -0.05) is 18.2 Å². The lowest BCUT2D eigenvalue weighted by molar-refractivity contribution is 0.0621. The molecule has 0 saturated heterocycles. The Morgan fingerprint density at radius 2 is 2.04 bits per heavy atom. The molecule has 1 unspecified atom stereocenters. The van der Waals surface area contributed by atoms with Crippen LogP contribution in [0.2, 0.25) is 0 Å². The lowest BCUT2D eigenvalue weighted by atomic mass is 10.2. The second-order valence-corrected chi connectivity index (χ2v) is 8.80. The zero-order valence-corrected chi connectivity index (χ0v) is 14.8. The summed E-state index contributed by atoms with van der Waals surface area (Å²) in [5.74, 6) is 0.544. The Morgan fingerprint density at radius 3 is 2.79 bits per heavy atom. The zero-order valence-electron chi connectivity index (χ0n) is 14.0. The third-order valence-corrected chi connectivity index (χ3v) is 6.95. The third kappa shape index (κ3) is 2.98. The van der Waals surface area contributed by atoms with E-state index in [2.05, 4.69) is 22.8 Å². The second-order valence-electron chi connectivity index (χ2n) is 6.79. The number of hydrogen-bond donors (Lipinski definition) is 0. The van der Waals surface area contributed by atoms with Crippen LogP contribution in [0.3, 0.4) is 0 Å². The van der Waals surface area contributed by atoms with Crippen LogP contribution in [-0.2, 0) is 27.8 Å². The number of fused-ring (bicyclic) bond motifs is 3. The van der Waals surface area contributed by atoms with Gasteiger partial charge in [-0.05, 0) is 43.2 Å². The molecule has 1 aliphatic carbocycles. The van der Waals surface area contributed by atoms with Crippen LogP contribution >= 0.6 is 0 Å². The van der Waals surface area contributed by atoms with Crippen LogP contribution in [-0.4, -0.2) is 42.3 Å². The van der Waals surface area contributed by atoms with E-state index in [0.717, 1.165) is 18.5 Å². The molecule has 0 radical (unpaired) electrons. The summed E-state index contributed by atoms with van der Waals surface area (Å²) in [6.45, 7) is 4.22. The topological polar surface area (TPSA) is 51.5 Å². The van der Waals surface area contributed by atoms with Crippen molar-refractivity contribution in [2.45, 2.75) is 39.0 Å². The monoisotopic (exact) mass is 348 g/mol. The zero-order chi connectivity index (χ0) is 16.7. The van der Waals surface area contributed by atoms with Crippen LogP contribution in [0.25, 0.3) is 10.9 Å². The van der Waals surface area contributed by atoms with E-state index in [9.17, 15) is 8.42 Å². The average Bonchev–Trinajstić information content (AvgIpc) is 3.34. The van der Waals surface area contributed by atoms with Gasteiger partial charge in [0.2, 0.25) is 10.0 Å². The van der Waals surface area contributed by atoms with Crippen molar-refractivity contribution in [3.8, 4) is 0 Å². The molecule has 1 aromatic carbocycles. The van der Waals surface area contributed by atoms with Gasteiger partial charge in [-0.25, -0.2) is 8.42 Å². The van der Waals surface area contributed by atoms with Crippen LogP contribution in [0.1, 0.15) is 25.5 Å². The third-order valence-electron chi connectivity index (χ3n) is 5.10. The molecule has 1 aromatic heterocycles. The predicted octanol–water partition coefficient (Wildman–Crippen LogP) is 2.60. The fraction of sp³-hybridized carbons (Fsp3) is 0.556. The number of benzene rings is 1. The highest BCUT2D eigenvalue weighted by Crippen LogP contribution is 2.35. The van der Waals surface area contributed by atoms with E-state index in [1.54, 1.807) is 4.31 Å². The lowest BCUT2D eigenvalue weighted by Crippen LogP contribution is -2.42. The normalized spacial score (nSPS) is 20.2. The molecule has 1 aliphatic heterocycles. The summed E-state index contributed by atoms with van der Waals surface area (Å²) < 4.78 is 35.3. The van der Waals surface area contributed by atoms with E-state index in [1.165, 1.54) is 10.9 Å². The van der Waals surface area contributed by atoms with Crippen molar-refractivity contribution in [2.24, 2.45) is 5.92 Å². The standard InChI is InChI=1S/C18H24N2O3S/c1-2-23-18(14-7-8-14)13-24(21,22)19-9-10-20-16(12-19)11-15-5-3-4-6-17(15)20/h3-6,11,14,18H,2,7-10,12-13H2,1H3. The maximum Gasteiger partial charge on any atom is 0.217 e. The van der Waals surface area contributed by atoms with Gasteiger partial charge in [0.05, 0.1) is 18.4 Å². The number of rotatable bonds is 6. The van der Waals surface area contributed by atoms with Gasteiger partial charge in [0, 0.05) is 30.9 Å². The molecule has 0 bridgehead atoms. The molecule has 0 N–H and O–H groups in total. The highest BCUT2D eigenvalue weighted by molar-refractivity contribution is 7.89. The molecule has 2 aliphatic rings. The molecule has 5 nitrogen and oxygen atoms in total. The first kappa shape index (κ1) is 16.1. The molecule has 24 heavy (non-hydrogen) atoms. The van der Waals surface area contributed by atoms with Crippen molar-refractivity contribution in [3.05, 3.63) is 36.0 Å². The highest BCUT2D eigenvalue weighted by atomic mass is 32.2. The van der Waals surface area contributed by atoms with E-state index in [0.29, 0.717) is 32.2 Å². The number of para-hydroxylation sites is 1. The van der Waals surface area contributed by atoms with Gasteiger partial charge in [0.25, 0.3) is 0 Å². The van der Waals surface area contributed by atoms with Gasteiger partial charge in [0.1, 0.15) is 0 Å². The van der Waals surface area contributed by atoms with E-state index in [1.807, 2.05) is 19.1 Å². The van der Waals surface area contributed by atoms with Crippen molar-refractivity contribution < 1.29 is 13.2 Å². The van der Waals surface area contributed by atoms with Gasteiger partial charge in [-0.2, -0.15) is 4.31 Å². The number of aromatic nitrogens is 1. The van der Waals surface area contributed by atoms with Crippen molar-refractivity contribution >= 4 is 20.9 Å². The molecule has 1 fully saturated rings. The molecular weight excluding hydrogens is 324 g/mol. The molecular formula is C18H24N2O3S. The number of ether oxygens (including phenoxy) is 1. The largest absolute Gasteiger partial charge is 0.377 e. The average molecular weight is 348 g/mol. The van der Waals surface area contributed by atoms with Gasteiger partial charge in [-0.15, -0.1) is 0 Å². The number of nitrogens with zero attached hydrogens (tertiary/aromatic N) is 2. The van der Waals surface area contributed by atoms with Gasteiger partial charge < -0.3 is 9.30 Å². The summed E-state index contributed by atoms with van der Waals surface area (Å²) in [6, 6.07) is 10.3. The number of hydrogen-bond acceptors (Lipinski definition) is 3. The quantitative estimate of drug-likeness (QED) is 0.806. The summed E-state index contributed by atoms with van der Waals surface area (Å²) in [6.07, 6.45) is 2.04. The SMILES string of the molecule is CCOC(CS(=O)(=O)N1CCn2c(cc3ccccc32)C1)C1CC1. The molecule has 6 heteroatoms. The Kier molecular flexibility index (Phi) is 4.14. The molecule has 4 rings (SSSR count). The van der Waals surface area contributed by atoms with E-state index < -0.39 is 10.0 Å². The first-order valence-electron chi connectivity index (χ1n) is 8.75. The molecule has 2 aromatic rings. The first-order chi connectivity index (χ1) is 11.6. The van der Waals surface area contributed by atoms with Gasteiger partial charge in [0.15, 0.2) is 0 Å². The smallest absolute Gasteiger partial charge is 0.217 e. The maximum absolute atomic E-state index is 12.9. The minimum absolute atomic E-state index is 0.117. The van der Waals surface area contributed by atoms with Gasteiger partial charge in [-0.3, -0.25) is 0 Å². The fourth-order valence-electron chi connectivity index (χ4n) is 3.69. The maximum atomic E-state index is 12.9. The minimum atomic E-state index is -3.29. The van der Waals surface area contributed by atoms with Gasteiger partial charge >= 0.3 is 0 Å². The molecule has 0 amide bonds. The molecule has 1 atom stereocenters. The molecule has 1 saturated carbocycles. The second kappa shape index (κ2) is 6.17. The Bertz CT molecular complexity index is 839. The lowest BCUT2D eigenvalue weighted by Gasteiger charge is -2.29. The molecule has 130 valence electrons. The predicted molar refractivity (Wildman–Crippen MR) is 94.3 cm³/mol. The van der Waals surface area contributed by atoms with Crippen molar-refractivity contribution in [1.29, 1.82) is 0 Å². The Balaban J connectivity index is 1.54. The summed E-state index contributed by atoms with van der Waals surface area (Å²) in [4.78, 5) is 0. The van der Waals surface area contributed by atoms with Crippen molar-refractivity contribution in [1.82, 2.24) is 8.87 Å². The molecule has 0 spiro atoms. The van der Waals surface area contributed by atoms with Crippen LogP contribution in [0, 0.1) is 5.92 Å². The van der Waals surface area contributed by atoms with Crippen LogP contribution in [0.5, 0.6) is 0 Å².